The first-order valence-electron chi connectivity index (χ1n) is 7.19. The lowest BCUT2D eigenvalue weighted by atomic mass is 9.88. The quantitative estimate of drug-likeness (QED) is 0.617. The van der Waals surface area contributed by atoms with Crippen molar-refractivity contribution in [1.29, 1.82) is 0 Å². The van der Waals surface area contributed by atoms with Crippen molar-refractivity contribution < 1.29 is 19.5 Å². The van der Waals surface area contributed by atoms with Crippen LogP contribution in [0.5, 0.6) is 0 Å². The van der Waals surface area contributed by atoms with Crippen molar-refractivity contribution in [1.82, 2.24) is 10.6 Å². The Kier molecular flexibility index (Phi) is 6.48. The molecule has 0 radical (unpaired) electrons. The predicted octanol–water partition coefficient (Wildman–Crippen LogP) is 0.908. The molecule has 20 heavy (non-hydrogen) atoms. The first kappa shape index (κ1) is 16.5. The zero-order chi connectivity index (χ0) is 15.1. The Bertz CT molecular complexity index is 368. The first-order valence-corrected chi connectivity index (χ1v) is 7.19. The third kappa shape index (κ3) is 5.59. The van der Waals surface area contributed by atoms with Crippen LogP contribution in [0.1, 0.15) is 46.0 Å². The molecule has 2 amide bonds. The second-order valence-corrected chi connectivity index (χ2v) is 5.67. The molecular formula is C14H24N2O4. The normalized spacial score (nSPS) is 19.8. The van der Waals surface area contributed by atoms with E-state index in [-0.39, 0.29) is 24.2 Å². The molecular weight excluding hydrogens is 260 g/mol. The average molecular weight is 284 g/mol. The summed E-state index contributed by atoms with van der Waals surface area (Å²) in [6, 6.07) is -0.404. The summed E-state index contributed by atoms with van der Waals surface area (Å²) in [5.41, 5.74) is 0. The fraction of sp³-hybridized carbons (Fsp3) is 0.786. The van der Waals surface area contributed by atoms with Crippen LogP contribution >= 0.6 is 0 Å². The number of hydrogen-bond acceptors (Lipinski definition) is 3. The van der Waals surface area contributed by atoms with Crippen molar-refractivity contribution in [3.8, 4) is 0 Å². The molecule has 114 valence electrons. The van der Waals surface area contributed by atoms with E-state index in [4.69, 9.17) is 5.11 Å². The van der Waals surface area contributed by atoms with Crippen LogP contribution in [0.25, 0.3) is 0 Å². The summed E-state index contributed by atoms with van der Waals surface area (Å²) in [4.78, 5) is 33.4. The highest BCUT2D eigenvalue weighted by molar-refractivity contribution is 5.90. The molecule has 6 heteroatoms. The van der Waals surface area contributed by atoms with Crippen LogP contribution in [0.3, 0.4) is 0 Å². The highest BCUT2D eigenvalue weighted by Crippen LogP contribution is 2.20. The Labute approximate surface area is 119 Å². The van der Waals surface area contributed by atoms with Gasteiger partial charge < -0.3 is 15.7 Å². The standard InChI is InChI=1S/C14H24N2O4/c1-9(2)10(3-6-13(18)19)7-8-15-14(20)11-4-5-12(17)16-11/h9-11H,3-8H2,1-2H3,(H,15,20)(H,16,17)(H,18,19). The van der Waals surface area contributed by atoms with E-state index >= 15 is 0 Å². The molecule has 1 aliphatic heterocycles. The third-order valence-electron chi connectivity index (χ3n) is 3.80. The van der Waals surface area contributed by atoms with E-state index < -0.39 is 12.0 Å². The fourth-order valence-electron chi connectivity index (χ4n) is 2.43. The van der Waals surface area contributed by atoms with Gasteiger partial charge in [-0.1, -0.05) is 13.8 Å². The summed E-state index contributed by atoms with van der Waals surface area (Å²) in [6.07, 6.45) is 2.51. The zero-order valence-electron chi connectivity index (χ0n) is 12.1. The molecule has 1 rings (SSSR count). The maximum Gasteiger partial charge on any atom is 0.303 e. The Morgan fingerprint density at radius 3 is 2.60 bits per heavy atom. The van der Waals surface area contributed by atoms with Gasteiger partial charge in [-0.2, -0.15) is 0 Å². The second kappa shape index (κ2) is 7.87. The number of carboxylic acids is 1. The van der Waals surface area contributed by atoms with Gasteiger partial charge in [-0.25, -0.2) is 0 Å². The molecule has 3 N–H and O–H groups in total. The van der Waals surface area contributed by atoms with Gasteiger partial charge in [-0.15, -0.1) is 0 Å². The average Bonchev–Trinajstić information content (AvgIpc) is 2.79. The summed E-state index contributed by atoms with van der Waals surface area (Å²) in [7, 11) is 0. The number of carbonyl (C=O) groups is 3. The van der Waals surface area contributed by atoms with Crippen LogP contribution in [0.15, 0.2) is 0 Å². The SMILES string of the molecule is CC(C)C(CCNC(=O)C1CCC(=O)N1)CCC(=O)O. The molecule has 0 aromatic rings. The molecule has 2 unspecified atom stereocenters. The van der Waals surface area contributed by atoms with Crippen molar-refractivity contribution in [3.63, 3.8) is 0 Å². The number of aliphatic carboxylic acids is 1. The van der Waals surface area contributed by atoms with Gasteiger partial charge in [0.2, 0.25) is 11.8 Å². The lowest BCUT2D eigenvalue weighted by Gasteiger charge is -2.20. The van der Waals surface area contributed by atoms with Crippen molar-refractivity contribution in [3.05, 3.63) is 0 Å². The molecule has 2 atom stereocenters. The molecule has 0 spiro atoms. The number of rotatable bonds is 8. The van der Waals surface area contributed by atoms with Gasteiger partial charge in [0.25, 0.3) is 0 Å². The van der Waals surface area contributed by atoms with Crippen LogP contribution in [-0.2, 0) is 14.4 Å². The van der Waals surface area contributed by atoms with Gasteiger partial charge in [-0.3, -0.25) is 14.4 Å². The Morgan fingerprint density at radius 2 is 2.10 bits per heavy atom. The summed E-state index contributed by atoms with van der Waals surface area (Å²) >= 11 is 0. The minimum absolute atomic E-state index is 0.0772. The molecule has 0 aromatic carbocycles. The molecule has 0 saturated carbocycles. The van der Waals surface area contributed by atoms with E-state index in [0.717, 1.165) is 6.42 Å². The summed E-state index contributed by atoms with van der Waals surface area (Å²) in [5.74, 6) is -0.335. The minimum atomic E-state index is -0.784. The zero-order valence-corrected chi connectivity index (χ0v) is 12.1. The van der Waals surface area contributed by atoms with Gasteiger partial charge in [0.1, 0.15) is 6.04 Å². The highest BCUT2D eigenvalue weighted by atomic mass is 16.4. The predicted molar refractivity (Wildman–Crippen MR) is 74.0 cm³/mol. The number of carbonyl (C=O) groups excluding carboxylic acids is 2. The minimum Gasteiger partial charge on any atom is -0.481 e. The maximum atomic E-state index is 11.8. The van der Waals surface area contributed by atoms with E-state index in [2.05, 4.69) is 24.5 Å². The number of amides is 2. The van der Waals surface area contributed by atoms with Crippen LogP contribution in [-0.4, -0.2) is 35.5 Å². The molecule has 0 aliphatic carbocycles. The lowest BCUT2D eigenvalue weighted by Crippen LogP contribution is -2.42. The molecule has 1 saturated heterocycles. The van der Waals surface area contributed by atoms with Crippen LogP contribution < -0.4 is 10.6 Å². The summed E-state index contributed by atoms with van der Waals surface area (Å²) in [6.45, 7) is 4.64. The van der Waals surface area contributed by atoms with Crippen molar-refractivity contribution in [2.45, 2.75) is 52.0 Å². The largest absolute Gasteiger partial charge is 0.481 e. The van der Waals surface area contributed by atoms with E-state index in [1.165, 1.54) is 0 Å². The van der Waals surface area contributed by atoms with Gasteiger partial charge in [0, 0.05) is 19.4 Å². The summed E-state index contributed by atoms with van der Waals surface area (Å²) in [5, 5.41) is 14.2. The summed E-state index contributed by atoms with van der Waals surface area (Å²) < 4.78 is 0. The third-order valence-corrected chi connectivity index (χ3v) is 3.80. The van der Waals surface area contributed by atoms with Gasteiger partial charge in [0.15, 0.2) is 0 Å². The van der Waals surface area contributed by atoms with Crippen LogP contribution in [0.2, 0.25) is 0 Å². The van der Waals surface area contributed by atoms with Crippen LogP contribution in [0.4, 0.5) is 0 Å². The number of hydrogen-bond donors (Lipinski definition) is 3. The first-order chi connectivity index (χ1) is 9.40. The van der Waals surface area contributed by atoms with Crippen LogP contribution in [0, 0.1) is 11.8 Å². The fourth-order valence-corrected chi connectivity index (χ4v) is 2.43. The maximum absolute atomic E-state index is 11.8. The smallest absolute Gasteiger partial charge is 0.303 e. The number of nitrogens with one attached hydrogen (secondary N) is 2. The van der Waals surface area contributed by atoms with Crippen molar-refractivity contribution >= 4 is 17.8 Å². The topological polar surface area (TPSA) is 95.5 Å². The van der Waals surface area contributed by atoms with E-state index in [9.17, 15) is 14.4 Å². The Balaban J connectivity index is 2.27. The molecule has 1 aliphatic rings. The second-order valence-electron chi connectivity index (χ2n) is 5.67. The lowest BCUT2D eigenvalue weighted by molar-refractivity contribution is -0.137. The monoisotopic (exact) mass is 284 g/mol. The van der Waals surface area contributed by atoms with E-state index in [0.29, 0.717) is 31.7 Å². The molecule has 1 fully saturated rings. The van der Waals surface area contributed by atoms with Gasteiger partial charge >= 0.3 is 5.97 Å². The van der Waals surface area contributed by atoms with Gasteiger partial charge in [-0.05, 0) is 31.1 Å². The van der Waals surface area contributed by atoms with E-state index in [1.54, 1.807) is 0 Å². The Morgan fingerprint density at radius 1 is 1.40 bits per heavy atom. The molecule has 6 nitrogen and oxygen atoms in total. The number of carboxylic acid groups (broad SMARTS) is 1. The van der Waals surface area contributed by atoms with Crippen molar-refractivity contribution in [2.24, 2.45) is 11.8 Å². The molecule has 0 aromatic heterocycles. The van der Waals surface area contributed by atoms with Gasteiger partial charge in [0.05, 0.1) is 0 Å². The van der Waals surface area contributed by atoms with E-state index in [1.807, 2.05) is 0 Å². The highest BCUT2D eigenvalue weighted by Gasteiger charge is 2.27. The Hall–Kier alpha value is -1.59. The molecule has 1 heterocycles. The molecule has 0 bridgehead atoms. The van der Waals surface area contributed by atoms with Crippen molar-refractivity contribution in [2.75, 3.05) is 6.54 Å².